The Labute approximate surface area is 197 Å². The van der Waals surface area contributed by atoms with Crippen LogP contribution >= 0.6 is 11.3 Å². The van der Waals surface area contributed by atoms with Gasteiger partial charge in [-0.1, -0.05) is 58.9 Å². The number of thiazole rings is 1. The molecule has 1 aliphatic rings. The Balaban J connectivity index is 0.00000121. The Bertz CT molecular complexity index is 840. The number of hydrogen-bond donors (Lipinski definition) is 2. The molecule has 0 unspecified atom stereocenters. The van der Waals surface area contributed by atoms with Crippen LogP contribution in [-0.4, -0.2) is 41.3 Å². The second-order valence-corrected chi connectivity index (χ2v) is 9.52. The number of hydrogen-bond acceptors (Lipinski definition) is 5. The van der Waals surface area contributed by atoms with Crippen LogP contribution in [0.2, 0.25) is 0 Å². The van der Waals surface area contributed by atoms with E-state index in [1.807, 2.05) is 59.2 Å². The van der Waals surface area contributed by atoms with E-state index in [2.05, 4.69) is 28.2 Å². The molecule has 3 rings (SSSR count). The largest absolute Gasteiger partial charge is 0.350 e. The van der Waals surface area contributed by atoms with Crippen LogP contribution in [0.25, 0.3) is 10.4 Å². The number of carbonyl (C=O) groups excluding carboxylic acids is 2. The van der Waals surface area contributed by atoms with Crippen LogP contribution in [0.1, 0.15) is 65.1 Å². The molecule has 2 amide bonds. The Morgan fingerprint density at radius 3 is 2.34 bits per heavy atom. The highest BCUT2D eigenvalue weighted by Crippen LogP contribution is 2.27. The van der Waals surface area contributed by atoms with Crippen molar-refractivity contribution in [2.45, 2.75) is 73.4 Å². The first-order valence-corrected chi connectivity index (χ1v) is 12.3. The molecule has 0 saturated carbocycles. The van der Waals surface area contributed by atoms with E-state index < -0.39 is 0 Å². The molecule has 6 nitrogen and oxygen atoms in total. The zero-order chi connectivity index (χ0) is 24.3. The van der Waals surface area contributed by atoms with Crippen LogP contribution in [-0.2, 0) is 16.1 Å². The summed E-state index contributed by atoms with van der Waals surface area (Å²) in [5.74, 6) is 0.0246. The molecule has 0 radical (unpaired) electrons. The number of rotatable bonds is 5. The van der Waals surface area contributed by atoms with Gasteiger partial charge in [-0.05, 0) is 43.4 Å². The third kappa shape index (κ3) is 8.02. The predicted molar refractivity (Wildman–Crippen MR) is 134 cm³/mol. The van der Waals surface area contributed by atoms with Gasteiger partial charge in [-0.25, -0.2) is 4.98 Å². The predicted octanol–water partition coefficient (Wildman–Crippen LogP) is 4.76. The number of aromatic nitrogens is 1. The van der Waals surface area contributed by atoms with Gasteiger partial charge in [-0.3, -0.25) is 9.59 Å². The Morgan fingerprint density at radius 1 is 1.19 bits per heavy atom. The van der Waals surface area contributed by atoms with Crippen molar-refractivity contribution >= 4 is 23.2 Å². The van der Waals surface area contributed by atoms with E-state index in [1.165, 1.54) is 11.9 Å². The average molecular weight is 461 g/mol. The van der Waals surface area contributed by atoms with Crippen molar-refractivity contribution in [1.29, 1.82) is 0 Å². The highest BCUT2D eigenvalue weighted by Gasteiger charge is 2.35. The third-order valence-corrected chi connectivity index (χ3v) is 5.96. The monoisotopic (exact) mass is 460 g/mol. The van der Waals surface area contributed by atoms with Gasteiger partial charge in [0.15, 0.2) is 0 Å². The normalized spacial score (nSPS) is 15.2. The second kappa shape index (κ2) is 13.3. The van der Waals surface area contributed by atoms with Crippen LogP contribution in [0, 0.1) is 12.3 Å². The molecule has 1 atom stereocenters. The molecule has 2 aromatic rings. The zero-order valence-corrected chi connectivity index (χ0v) is 21.5. The molecule has 2 heterocycles. The highest BCUT2D eigenvalue weighted by molar-refractivity contribution is 7.13. The first-order chi connectivity index (χ1) is 15.2. The number of nitrogens with one attached hydrogen (secondary N) is 1. The van der Waals surface area contributed by atoms with Gasteiger partial charge >= 0.3 is 0 Å². The summed E-state index contributed by atoms with van der Waals surface area (Å²) in [5, 5.41) is 3.01. The fourth-order valence-electron chi connectivity index (χ4n) is 3.55. The topological polar surface area (TPSA) is 88.3 Å². The molecule has 1 saturated heterocycles. The van der Waals surface area contributed by atoms with E-state index in [9.17, 15) is 9.59 Å². The number of carbonyl (C=O) groups is 2. The number of nitrogens with two attached hydrogens (primary N) is 1. The standard InChI is InChI=1S/C22H29N3O2S.C2H6.CH5N/c1-15-20(28-14-24-15)17-9-7-16(8-10-17)13-23-21(27)18-6-5-11-25(18)19(26)12-22(2,3)4;2*1-2/h7-10,14,18H,5-6,11-13H2,1-4H3,(H,23,27);1-2H3;2H2,1H3/t18-;;/m0../s1. The van der Waals surface area contributed by atoms with Crippen molar-refractivity contribution in [3.8, 4) is 10.4 Å². The maximum atomic E-state index is 12.7. The molecule has 0 bridgehead atoms. The lowest BCUT2D eigenvalue weighted by Crippen LogP contribution is -2.46. The number of amides is 2. The van der Waals surface area contributed by atoms with Crippen molar-refractivity contribution < 1.29 is 9.59 Å². The van der Waals surface area contributed by atoms with E-state index >= 15 is 0 Å². The molecule has 1 aromatic heterocycles. The molecule has 178 valence electrons. The van der Waals surface area contributed by atoms with E-state index in [4.69, 9.17) is 0 Å². The third-order valence-electron chi connectivity index (χ3n) is 4.99. The molecule has 1 aromatic carbocycles. The molecule has 32 heavy (non-hydrogen) atoms. The van der Waals surface area contributed by atoms with Gasteiger partial charge in [0, 0.05) is 19.5 Å². The summed E-state index contributed by atoms with van der Waals surface area (Å²) in [5.41, 5.74) is 9.51. The van der Waals surface area contributed by atoms with Crippen molar-refractivity contribution in [3.63, 3.8) is 0 Å². The van der Waals surface area contributed by atoms with Gasteiger partial charge in [-0.2, -0.15) is 0 Å². The maximum absolute atomic E-state index is 12.7. The zero-order valence-electron chi connectivity index (χ0n) is 20.7. The average Bonchev–Trinajstić information content (AvgIpc) is 3.43. The molecule has 0 aliphatic carbocycles. The van der Waals surface area contributed by atoms with Crippen LogP contribution in [0.3, 0.4) is 0 Å². The Hall–Kier alpha value is -2.25. The van der Waals surface area contributed by atoms with Crippen molar-refractivity contribution in [3.05, 3.63) is 41.0 Å². The lowest BCUT2D eigenvalue weighted by atomic mass is 9.91. The molecule has 0 spiro atoms. The molecule has 3 N–H and O–H groups in total. The lowest BCUT2D eigenvalue weighted by Gasteiger charge is -2.27. The van der Waals surface area contributed by atoms with Crippen LogP contribution < -0.4 is 11.1 Å². The van der Waals surface area contributed by atoms with Gasteiger partial charge in [0.2, 0.25) is 11.8 Å². The number of benzene rings is 1. The number of nitrogens with zero attached hydrogens (tertiary/aromatic N) is 2. The Kier molecular flexibility index (Phi) is 11.6. The van der Waals surface area contributed by atoms with Crippen LogP contribution in [0.5, 0.6) is 0 Å². The summed E-state index contributed by atoms with van der Waals surface area (Å²) in [4.78, 5) is 32.5. The fraction of sp³-hybridized carbons (Fsp3) is 0.560. The van der Waals surface area contributed by atoms with Gasteiger partial charge in [-0.15, -0.1) is 11.3 Å². The summed E-state index contributed by atoms with van der Waals surface area (Å²) in [6.07, 6.45) is 2.09. The second-order valence-electron chi connectivity index (χ2n) is 8.66. The van der Waals surface area contributed by atoms with Crippen molar-refractivity contribution in [2.75, 3.05) is 13.6 Å². The molecule has 1 fully saturated rings. The first-order valence-electron chi connectivity index (χ1n) is 11.4. The first kappa shape index (κ1) is 27.8. The maximum Gasteiger partial charge on any atom is 0.243 e. The van der Waals surface area contributed by atoms with E-state index in [1.54, 1.807) is 16.2 Å². The minimum absolute atomic E-state index is 0.0536. The molecule has 1 aliphatic heterocycles. The summed E-state index contributed by atoms with van der Waals surface area (Å²) < 4.78 is 0. The van der Waals surface area contributed by atoms with Crippen molar-refractivity contribution in [2.24, 2.45) is 11.1 Å². The van der Waals surface area contributed by atoms with Crippen molar-refractivity contribution in [1.82, 2.24) is 15.2 Å². The minimum Gasteiger partial charge on any atom is -0.350 e. The van der Waals surface area contributed by atoms with Gasteiger partial charge < -0.3 is 16.0 Å². The van der Waals surface area contributed by atoms with Gasteiger partial charge in [0.25, 0.3) is 0 Å². The van der Waals surface area contributed by atoms with E-state index in [0.29, 0.717) is 19.5 Å². The SMILES string of the molecule is CC.CN.Cc1ncsc1-c1ccc(CNC(=O)[C@@H]2CCCN2C(=O)CC(C)(C)C)cc1. The lowest BCUT2D eigenvalue weighted by molar-refractivity contribution is -0.139. The summed E-state index contributed by atoms with van der Waals surface area (Å²) in [6.45, 7) is 13.3. The van der Waals surface area contributed by atoms with E-state index in [0.717, 1.165) is 29.7 Å². The quantitative estimate of drug-likeness (QED) is 0.673. The molecular formula is C25H40N4O2S. The van der Waals surface area contributed by atoms with Crippen LogP contribution in [0.4, 0.5) is 0 Å². The summed E-state index contributed by atoms with van der Waals surface area (Å²) in [6, 6.07) is 7.86. The highest BCUT2D eigenvalue weighted by atomic mass is 32.1. The number of aryl methyl sites for hydroxylation is 1. The smallest absolute Gasteiger partial charge is 0.243 e. The Morgan fingerprint density at radius 2 is 1.81 bits per heavy atom. The molecular weight excluding hydrogens is 420 g/mol. The summed E-state index contributed by atoms with van der Waals surface area (Å²) in [7, 11) is 1.50. The number of likely N-dealkylation sites (tertiary alicyclic amines) is 1. The minimum atomic E-state index is -0.339. The summed E-state index contributed by atoms with van der Waals surface area (Å²) >= 11 is 1.63. The fourth-order valence-corrected chi connectivity index (χ4v) is 4.36. The van der Waals surface area contributed by atoms with E-state index in [-0.39, 0.29) is 23.3 Å². The van der Waals surface area contributed by atoms with Gasteiger partial charge in [0.1, 0.15) is 6.04 Å². The molecule has 7 heteroatoms. The van der Waals surface area contributed by atoms with Gasteiger partial charge in [0.05, 0.1) is 16.1 Å². The van der Waals surface area contributed by atoms with Crippen LogP contribution in [0.15, 0.2) is 29.8 Å².